The Morgan fingerprint density at radius 1 is 1.11 bits per heavy atom. The maximum atomic E-state index is 12.8. The maximum absolute atomic E-state index is 12.8. The first-order valence-corrected chi connectivity index (χ1v) is 13.0. The van der Waals surface area contributed by atoms with E-state index in [2.05, 4.69) is 37.5 Å². The molecule has 3 aromatic rings. The van der Waals surface area contributed by atoms with E-state index in [1.807, 2.05) is 36.9 Å². The van der Waals surface area contributed by atoms with Gasteiger partial charge in [-0.05, 0) is 24.1 Å². The molecule has 0 spiro atoms. The Morgan fingerprint density at radius 2 is 1.84 bits per heavy atom. The summed E-state index contributed by atoms with van der Waals surface area (Å²) in [6, 6.07) is 15.2. The number of thioether (sulfide) groups is 1. The lowest BCUT2D eigenvalue weighted by Gasteiger charge is -2.36. The van der Waals surface area contributed by atoms with Crippen LogP contribution in [0, 0.1) is 16.0 Å². The molecule has 0 bridgehead atoms. The third-order valence-corrected chi connectivity index (χ3v) is 6.96. The first-order valence-electron chi connectivity index (χ1n) is 12.0. The number of aromatic amines is 1. The number of aromatic nitrogens is 3. The quantitative estimate of drug-likeness (QED) is 0.248. The fourth-order valence-electron chi connectivity index (χ4n) is 4.07. The number of anilines is 1. The van der Waals surface area contributed by atoms with Crippen molar-refractivity contribution < 1.29 is 14.5 Å². The number of para-hydroxylation sites is 1. The van der Waals surface area contributed by atoms with Crippen molar-refractivity contribution in [2.75, 3.05) is 36.8 Å². The van der Waals surface area contributed by atoms with Gasteiger partial charge in [0.15, 0.2) is 0 Å². The Kier molecular flexibility index (Phi) is 8.39. The van der Waals surface area contributed by atoms with Crippen molar-refractivity contribution in [3.05, 3.63) is 76.1 Å². The molecule has 194 valence electrons. The smallest absolute Gasteiger partial charge is 0.270 e. The number of nitrogens with zero attached hydrogens (tertiary/aromatic N) is 5. The van der Waals surface area contributed by atoms with E-state index in [4.69, 9.17) is 0 Å². The van der Waals surface area contributed by atoms with Crippen LogP contribution in [-0.2, 0) is 4.79 Å². The van der Waals surface area contributed by atoms with Crippen molar-refractivity contribution >= 4 is 35.0 Å². The number of nitro groups is 1. The normalized spacial score (nSPS) is 14.5. The number of hydrogen-bond donors (Lipinski definition) is 2. The summed E-state index contributed by atoms with van der Waals surface area (Å²) in [7, 11) is 0. The number of nitrogens with one attached hydrogen (secondary N) is 2. The summed E-state index contributed by atoms with van der Waals surface area (Å²) in [4.78, 5) is 44.6. The van der Waals surface area contributed by atoms with Crippen molar-refractivity contribution in [1.29, 1.82) is 0 Å². The van der Waals surface area contributed by atoms with E-state index in [0.29, 0.717) is 24.1 Å². The molecule has 37 heavy (non-hydrogen) atoms. The van der Waals surface area contributed by atoms with Gasteiger partial charge in [0.1, 0.15) is 5.82 Å². The molecule has 2 N–H and O–H groups in total. The van der Waals surface area contributed by atoms with Crippen LogP contribution < -0.4 is 10.2 Å². The predicted octanol–water partition coefficient (Wildman–Crippen LogP) is 3.28. The number of nitro benzene ring substituents is 1. The van der Waals surface area contributed by atoms with Gasteiger partial charge in [-0.1, -0.05) is 49.9 Å². The zero-order chi connectivity index (χ0) is 26.4. The molecular weight excluding hydrogens is 494 g/mol. The Balaban J connectivity index is 1.31. The van der Waals surface area contributed by atoms with Gasteiger partial charge in [-0.25, -0.2) is 4.98 Å². The van der Waals surface area contributed by atoms with Gasteiger partial charge in [0, 0.05) is 49.6 Å². The molecule has 0 radical (unpaired) electrons. The molecule has 1 aliphatic heterocycles. The van der Waals surface area contributed by atoms with E-state index >= 15 is 0 Å². The van der Waals surface area contributed by atoms with E-state index in [1.165, 1.54) is 36.0 Å². The van der Waals surface area contributed by atoms with Crippen LogP contribution in [0.2, 0.25) is 0 Å². The summed E-state index contributed by atoms with van der Waals surface area (Å²) in [5.74, 6) is 0.229. The first kappa shape index (κ1) is 26.1. The summed E-state index contributed by atoms with van der Waals surface area (Å²) >= 11 is 1.24. The molecule has 2 aromatic carbocycles. The van der Waals surface area contributed by atoms with Gasteiger partial charge in [-0.15, -0.1) is 5.10 Å². The molecule has 1 saturated heterocycles. The summed E-state index contributed by atoms with van der Waals surface area (Å²) in [6.45, 7) is 6.73. The average molecular weight is 524 g/mol. The minimum Gasteiger partial charge on any atom is -0.368 e. The lowest BCUT2D eigenvalue weighted by atomic mass is 10.0. The van der Waals surface area contributed by atoms with E-state index in [9.17, 15) is 19.7 Å². The van der Waals surface area contributed by atoms with E-state index in [1.54, 1.807) is 0 Å². The fourth-order valence-corrected chi connectivity index (χ4v) is 4.78. The van der Waals surface area contributed by atoms with Crippen molar-refractivity contribution in [3.8, 4) is 0 Å². The molecule has 2 amide bonds. The van der Waals surface area contributed by atoms with Gasteiger partial charge in [-0.2, -0.15) is 0 Å². The number of H-pyrrole nitrogens is 1. The molecule has 0 saturated carbocycles. The number of hydrogen-bond acceptors (Lipinski definition) is 8. The molecule has 0 aliphatic carbocycles. The standard InChI is InChI=1S/C25H29N7O4S/c1-17(2)22(26-24(34)18-7-6-10-20(15-18)32(35)36)23-27-25(29-28-23)37-16-21(33)31-13-11-30(12-14-31)19-8-4-3-5-9-19/h3-10,15,17,22H,11-14,16H2,1-2H3,(H,26,34)(H,27,28,29)/t22-/m0/s1. The van der Waals surface area contributed by atoms with Crippen LogP contribution in [-0.4, -0.2) is 68.8 Å². The molecule has 1 aromatic heterocycles. The number of carbonyl (C=O) groups is 2. The molecule has 1 atom stereocenters. The zero-order valence-electron chi connectivity index (χ0n) is 20.7. The molecule has 1 fully saturated rings. The number of non-ortho nitro benzene ring substituents is 1. The molecule has 4 rings (SSSR count). The SMILES string of the molecule is CC(C)[C@H](NC(=O)c1cccc([N+](=O)[O-])c1)c1nc(SCC(=O)N2CCN(c3ccccc3)CC2)n[nH]1. The highest BCUT2D eigenvalue weighted by molar-refractivity contribution is 7.99. The number of piperazine rings is 1. The fraction of sp³-hybridized carbons (Fsp3) is 0.360. The lowest BCUT2D eigenvalue weighted by Crippen LogP contribution is -2.49. The van der Waals surface area contributed by atoms with Gasteiger partial charge in [0.25, 0.3) is 11.6 Å². The summed E-state index contributed by atoms with van der Waals surface area (Å²) < 4.78 is 0. The van der Waals surface area contributed by atoms with E-state index < -0.39 is 16.9 Å². The van der Waals surface area contributed by atoms with Crippen LogP contribution in [0.15, 0.2) is 59.8 Å². The lowest BCUT2D eigenvalue weighted by molar-refractivity contribution is -0.384. The largest absolute Gasteiger partial charge is 0.368 e. The molecule has 0 unspecified atom stereocenters. The van der Waals surface area contributed by atoms with Gasteiger partial charge >= 0.3 is 0 Å². The van der Waals surface area contributed by atoms with Crippen molar-refractivity contribution in [2.45, 2.75) is 25.0 Å². The molecule has 1 aliphatic rings. The topological polar surface area (TPSA) is 137 Å². The predicted molar refractivity (Wildman–Crippen MR) is 140 cm³/mol. The highest BCUT2D eigenvalue weighted by Crippen LogP contribution is 2.23. The number of rotatable bonds is 9. The second kappa shape index (κ2) is 11.9. The highest BCUT2D eigenvalue weighted by atomic mass is 32.2. The molecule has 2 heterocycles. The van der Waals surface area contributed by atoms with Crippen LogP contribution >= 0.6 is 11.8 Å². The average Bonchev–Trinajstić information content (AvgIpc) is 3.39. The molecule has 11 nitrogen and oxygen atoms in total. The Bertz CT molecular complexity index is 1240. The van der Waals surface area contributed by atoms with Gasteiger partial charge in [-0.3, -0.25) is 24.8 Å². The highest BCUT2D eigenvalue weighted by Gasteiger charge is 2.25. The minimum atomic E-state index is -0.541. The Morgan fingerprint density at radius 3 is 2.51 bits per heavy atom. The second-order valence-corrected chi connectivity index (χ2v) is 9.94. The Hall–Kier alpha value is -3.93. The monoisotopic (exact) mass is 523 g/mol. The van der Waals surface area contributed by atoms with E-state index in [0.717, 1.165) is 18.8 Å². The van der Waals surface area contributed by atoms with Crippen molar-refractivity contribution in [2.24, 2.45) is 5.92 Å². The van der Waals surface area contributed by atoms with E-state index in [-0.39, 0.29) is 28.8 Å². The Labute approximate surface area is 218 Å². The maximum Gasteiger partial charge on any atom is 0.270 e. The first-order chi connectivity index (χ1) is 17.8. The third-order valence-electron chi connectivity index (χ3n) is 6.13. The number of amides is 2. The van der Waals surface area contributed by atoms with Crippen LogP contribution in [0.25, 0.3) is 0 Å². The second-order valence-electron chi connectivity index (χ2n) is 9.00. The number of benzene rings is 2. The van der Waals surface area contributed by atoms with Crippen molar-refractivity contribution in [3.63, 3.8) is 0 Å². The van der Waals surface area contributed by atoms with Gasteiger partial charge in [0.05, 0.1) is 16.7 Å². The third kappa shape index (κ3) is 6.64. The summed E-state index contributed by atoms with van der Waals surface area (Å²) in [5.41, 5.74) is 1.19. The van der Waals surface area contributed by atoms with Crippen LogP contribution in [0.1, 0.15) is 36.1 Å². The number of carbonyl (C=O) groups excluding carboxylic acids is 2. The molecular formula is C25H29N7O4S. The van der Waals surface area contributed by atoms with Crippen LogP contribution in [0.5, 0.6) is 0 Å². The van der Waals surface area contributed by atoms with Crippen molar-refractivity contribution in [1.82, 2.24) is 25.4 Å². The minimum absolute atomic E-state index is 0.0310. The summed E-state index contributed by atoms with van der Waals surface area (Å²) in [6.07, 6.45) is 0. The zero-order valence-corrected chi connectivity index (χ0v) is 21.5. The molecule has 12 heteroatoms. The van der Waals surface area contributed by atoms with Gasteiger partial charge in [0.2, 0.25) is 11.1 Å². The van der Waals surface area contributed by atoms with Gasteiger partial charge < -0.3 is 15.1 Å². The summed E-state index contributed by atoms with van der Waals surface area (Å²) in [5, 5.41) is 21.4. The van der Waals surface area contributed by atoms with Crippen LogP contribution in [0.4, 0.5) is 11.4 Å². The van der Waals surface area contributed by atoms with Crippen LogP contribution in [0.3, 0.4) is 0 Å².